The molecule has 0 spiro atoms. The zero-order valence-electron chi connectivity index (χ0n) is 12.6. The van der Waals surface area contributed by atoms with Gasteiger partial charge in [0.1, 0.15) is 0 Å². The molecule has 0 aromatic rings. The minimum atomic E-state index is -6.08. The molecule has 28 heavy (non-hydrogen) atoms. The fourth-order valence-electron chi connectivity index (χ4n) is 1.16. The number of aliphatic hydroxyl groups is 2. The lowest BCUT2D eigenvalue weighted by molar-refractivity contribution is -0.368. The highest BCUT2D eigenvalue weighted by molar-refractivity contribution is 5.69. The molecule has 0 saturated heterocycles. The van der Waals surface area contributed by atoms with Gasteiger partial charge in [-0.1, -0.05) is 0 Å². The lowest BCUT2D eigenvalue weighted by Crippen LogP contribution is -2.57. The Bertz CT molecular complexity index is 479. The van der Waals surface area contributed by atoms with Crippen LogP contribution in [0.3, 0.4) is 0 Å². The van der Waals surface area contributed by atoms with Crippen LogP contribution >= 0.6 is 0 Å². The van der Waals surface area contributed by atoms with Gasteiger partial charge in [-0.15, -0.1) is 0 Å². The fraction of sp³-hybridized carbons (Fsp3) is 0.800. The van der Waals surface area contributed by atoms with Gasteiger partial charge in [0.2, 0.25) is 0 Å². The van der Waals surface area contributed by atoms with E-state index in [4.69, 9.17) is 20.4 Å². The quantitative estimate of drug-likeness (QED) is 0.488. The summed E-state index contributed by atoms with van der Waals surface area (Å²) in [7, 11) is 0. The first kappa shape index (κ1) is 28.2. The third kappa shape index (κ3) is 6.57. The summed E-state index contributed by atoms with van der Waals surface area (Å²) in [6.45, 7) is 0. The molecule has 0 rings (SSSR count). The monoisotopic (exact) mass is 452 g/mol. The largest absolute Gasteiger partial charge is 0.481 e. The average Bonchev–Trinajstić information content (AvgIpc) is 2.32. The van der Waals surface area contributed by atoms with Crippen molar-refractivity contribution in [1.82, 2.24) is 0 Å². The summed E-state index contributed by atoms with van der Waals surface area (Å²) in [5.41, 5.74) is -10.4. The van der Waals surface area contributed by atoms with E-state index in [-0.39, 0.29) is 0 Å². The van der Waals surface area contributed by atoms with Gasteiger partial charge in [0, 0.05) is 0 Å². The van der Waals surface area contributed by atoms with Crippen LogP contribution in [0.15, 0.2) is 0 Å². The smallest absolute Gasteiger partial charge is 0.426 e. The van der Waals surface area contributed by atoms with E-state index < -0.39 is 60.7 Å². The molecule has 4 N–H and O–H groups in total. The molecule has 0 atom stereocenters. The van der Waals surface area contributed by atoms with Gasteiger partial charge in [0.05, 0.1) is 12.8 Å². The van der Waals surface area contributed by atoms with Gasteiger partial charge in [-0.25, -0.2) is 0 Å². The molecule has 168 valence electrons. The highest BCUT2D eigenvalue weighted by Gasteiger charge is 2.72. The van der Waals surface area contributed by atoms with E-state index in [1.807, 2.05) is 0 Å². The van der Waals surface area contributed by atoms with Gasteiger partial charge in [-0.05, 0) is 0 Å². The van der Waals surface area contributed by atoms with Crippen molar-refractivity contribution >= 4 is 11.9 Å². The molecule has 0 fully saturated rings. The molecule has 0 unspecified atom stereocenters. The normalized spacial score (nSPS) is 14.2. The SMILES string of the molecule is O=C(O)CC(O)(C(F)(F)F)C(F)(F)F.O=C(O)CC(O)(C(F)(F)F)C(F)(F)F. The number of carboxylic acids is 2. The predicted molar refractivity (Wildman–Crippen MR) is 58.6 cm³/mol. The maximum Gasteiger partial charge on any atom is 0.426 e. The Morgan fingerprint density at radius 1 is 0.500 bits per heavy atom. The van der Waals surface area contributed by atoms with Gasteiger partial charge in [0.15, 0.2) is 0 Å². The number of alkyl halides is 12. The first-order valence-corrected chi connectivity index (χ1v) is 5.98. The van der Waals surface area contributed by atoms with Gasteiger partial charge in [-0.2, -0.15) is 52.7 Å². The summed E-state index contributed by atoms with van der Waals surface area (Å²) in [4.78, 5) is 19.5. The summed E-state index contributed by atoms with van der Waals surface area (Å²) in [5, 5.41) is 32.1. The molecule has 0 aliphatic carbocycles. The fourth-order valence-corrected chi connectivity index (χ4v) is 1.16. The van der Waals surface area contributed by atoms with E-state index in [9.17, 15) is 62.3 Å². The lowest BCUT2D eigenvalue weighted by atomic mass is 9.98. The van der Waals surface area contributed by atoms with Gasteiger partial charge in [0.25, 0.3) is 11.2 Å². The minimum absolute atomic E-state index is 2.40. The number of halogens is 12. The summed E-state index contributed by atoms with van der Waals surface area (Å²) < 4.78 is 141. The molecule has 0 radical (unpaired) electrons. The zero-order chi connectivity index (χ0) is 23.6. The van der Waals surface area contributed by atoms with Crippen LogP contribution in [0, 0.1) is 0 Å². The molecule has 0 aliphatic heterocycles. The van der Waals surface area contributed by atoms with Crippen molar-refractivity contribution in [2.45, 2.75) is 48.7 Å². The number of carbonyl (C=O) groups is 2. The van der Waals surface area contributed by atoms with Crippen LogP contribution in [0.5, 0.6) is 0 Å². The van der Waals surface area contributed by atoms with E-state index in [0.29, 0.717) is 0 Å². The van der Waals surface area contributed by atoms with E-state index in [2.05, 4.69) is 0 Å². The second kappa shape index (κ2) is 8.18. The minimum Gasteiger partial charge on any atom is -0.481 e. The second-order valence-electron chi connectivity index (χ2n) is 4.85. The summed E-state index contributed by atoms with van der Waals surface area (Å²) in [5.74, 6) is -4.80. The van der Waals surface area contributed by atoms with E-state index in [1.165, 1.54) is 0 Å². The molecule has 6 nitrogen and oxygen atoms in total. The Kier molecular flexibility index (Phi) is 8.24. The van der Waals surface area contributed by atoms with E-state index in [0.717, 1.165) is 0 Å². The van der Waals surface area contributed by atoms with Crippen molar-refractivity contribution in [3.05, 3.63) is 0 Å². The van der Waals surface area contributed by atoms with Crippen molar-refractivity contribution in [3.8, 4) is 0 Å². The molecular formula is C10H8F12O6. The van der Waals surface area contributed by atoms with Gasteiger partial charge >= 0.3 is 36.6 Å². The van der Waals surface area contributed by atoms with Crippen LogP contribution < -0.4 is 0 Å². The Hall–Kier alpha value is -1.98. The van der Waals surface area contributed by atoms with Crippen molar-refractivity contribution < 1.29 is 82.7 Å². The van der Waals surface area contributed by atoms with E-state index >= 15 is 0 Å². The number of hydrogen-bond acceptors (Lipinski definition) is 4. The van der Waals surface area contributed by atoms with Crippen molar-refractivity contribution in [3.63, 3.8) is 0 Å². The van der Waals surface area contributed by atoms with Crippen LogP contribution in [-0.4, -0.2) is 68.3 Å². The van der Waals surface area contributed by atoms with E-state index in [1.54, 1.807) is 0 Å². The van der Waals surface area contributed by atoms with Gasteiger partial charge < -0.3 is 20.4 Å². The maximum atomic E-state index is 11.7. The van der Waals surface area contributed by atoms with Crippen LogP contribution in [0.2, 0.25) is 0 Å². The van der Waals surface area contributed by atoms with Crippen LogP contribution in [0.1, 0.15) is 12.8 Å². The third-order valence-electron chi connectivity index (χ3n) is 2.69. The Balaban J connectivity index is 0. The lowest BCUT2D eigenvalue weighted by Gasteiger charge is -2.30. The number of aliphatic carboxylic acids is 2. The molecule has 0 amide bonds. The summed E-state index contributed by atoms with van der Waals surface area (Å²) >= 11 is 0. The molecular weight excluding hydrogens is 444 g/mol. The molecule has 0 heterocycles. The molecule has 0 saturated carbocycles. The number of carboxylic acid groups (broad SMARTS) is 2. The molecule has 0 aliphatic rings. The Labute approximate surface area is 145 Å². The van der Waals surface area contributed by atoms with Crippen molar-refractivity contribution in [1.29, 1.82) is 0 Å². The van der Waals surface area contributed by atoms with Crippen LogP contribution in [0.4, 0.5) is 52.7 Å². The Morgan fingerprint density at radius 3 is 0.679 bits per heavy atom. The topological polar surface area (TPSA) is 115 Å². The second-order valence-corrected chi connectivity index (χ2v) is 4.85. The number of rotatable bonds is 4. The van der Waals surface area contributed by atoms with Crippen LogP contribution in [0.25, 0.3) is 0 Å². The van der Waals surface area contributed by atoms with Crippen molar-refractivity contribution in [2.75, 3.05) is 0 Å². The zero-order valence-corrected chi connectivity index (χ0v) is 12.6. The first-order chi connectivity index (χ1) is 11.8. The van der Waals surface area contributed by atoms with Crippen molar-refractivity contribution in [2.24, 2.45) is 0 Å². The molecule has 0 aromatic carbocycles. The predicted octanol–water partition coefficient (Wildman–Crippen LogP) is 2.63. The van der Waals surface area contributed by atoms with Crippen LogP contribution in [-0.2, 0) is 9.59 Å². The van der Waals surface area contributed by atoms with Gasteiger partial charge in [-0.3, -0.25) is 9.59 Å². The first-order valence-electron chi connectivity index (χ1n) is 5.98. The summed E-state index contributed by atoms with van der Waals surface area (Å²) in [6, 6.07) is 0. The average molecular weight is 452 g/mol. The molecule has 18 heteroatoms. The molecule has 0 bridgehead atoms. The highest BCUT2D eigenvalue weighted by atomic mass is 19.4. The third-order valence-corrected chi connectivity index (χ3v) is 2.69. The standard InChI is InChI=1S/2C5H4F6O3/c2*6-4(7,8)3(14,1-2(12)13)5(9,10)11/h2*14H,1H2,(H,12,13). The highest BCUT2D eigenvalue weighted by Crippen LogP contribution is 2.46. The maximum absolute atomic E-state index is 11.7. The molecule has 0 aromatic heterocycles. The number of hydrogen-bond donors (Lipinski definition) is 4. The Morgan fingerprint density at radius 2 is 0.643 bits per heavy atom. The summed E-state index contributed by atoms with van der Waals surface area (Å²) in [6.07, 6.45) is -29.3.